The molecule has 4 rings (SSSR count). The van der Waals surface area contributed by atoms with E-state index in [2.05, 4.69) is 20.5 Å². The Morgan fingerprint density at radius 1 is 1.24 bits per heavy atom. The van der Waals surface area contributed by atoms with Gasteiger partial charge in [-0.1, -0.05) is 0 Å². The summed E-state index contributed by atoms with van der Waals surface area (Å²) in [6.45, 7) is 2.28. The van der Waals surface area contributed by atoms with Crippen LogP contribution in [0.1, 0.15) is 51.6 Å². The van der Waals surface area contributed by atoms with Crippen LogP contribution in [0.25, 0.3) is 22.3 Å². The maximum absolute atomic E-state index is 12.8. The van der Waals surface area contributed by atoms with Gasteiger partial charge in [0.05, 0.1) is 22.5 Å². The summed E-state index contributed by atoms with van der Waals surface area (Å²) in [6.07, 6.45) is 4.04. The van der Waals surface area contributed by atoms with Gasteiger partial charge in [-0.25, -0.2) is 13.1 Å². The van der Waals surface area contributed by atoms with Crippen LogP contribution in [0.4, 0.5) is 8.78 Å². The van der Waals surface area contributed by atoms with Gasteiger partial charge in [-0.15, -0.1) is 0 Å². The molecule has 10 heteroatoms. The topological polar surface area (TPSA) is 97.0 Å². The summed E-state index contributed by atoms with van der Waals surface area (Å²) in [6, 6.07) is 9.83. The first-order valence-electron chi connectivity index (χ1n) is 10.5. The molecule has 0 spiro atoms. The van der Waals surface area contributed by atoms with Crippen molar-refractivity contribution in [2.45, 2.75) is 63.1 Å². The van der Waals surface area contributed by atoms with Crippen molar-refractivity contribution in [2.24, 2.45) is 0 Å². The lowest BCUT2D eigenvalue weighted by Crippen LogP contribution is -2.40. The van der Waals surface area contributed by atoms with Crippen LogP contribution < -0.4 is 9.46 Å². The standard InChI is InChI=1S/C23H24F2N4O3S/c1-23(2,3)28-33(30,31)16-8-10-19(27-13-16)21-18(12-26)17-9-7-15(32-22(24)25)11-20(17)29(21)14-5-4-6-14/h7-11,13-14,22,28H,4-6H2,1-3H3. The number of fused-ring (bicyclic) bond motifs is 1. The Hall–Kier alpha value is -3.03. The van der Waals surface area contributed by atoms with Gasteiger partial charge >= 0.3 is 6.61 Å². The van der Waals surface area contributed by atoms with Crippen molar-refractivity contribution in [3.8, 4) is 23.2 Å². The van der Waals surface area contributed by atoms with E-state index in [1.54, 1.807) is 32.9 Å². The predicted octanol–water partition coefficient (Wildman–Crippen LogP) is 4.98. The van der Waals surface area contributed by atoms with E-state index in [1.165, 1.54) is 24.4 Å². The van der Waals surface area contributed by atoms with Gasteiger partial charge in [-0.2, -0.15) is 14.0 Å². The minimum absolute atomic E-state index is 0.00858. The molecule has 0 unspecified atom stereocenters. The van der Waals surface area contributed by atoms with E-state index in [0.29, 0.717) is 27.9 Å². The van der Waals surface area contributed by atoms with Gasteiger partial charge in [0.1, 0.15) is 16.7 Å². The number of hydrogen-bond acceptors (Lipinski definition) is 5. The smallest absolute Gasteiger partial charge is 0.387 e. The molecule has 0 saturated heterocycles. The van der Waals surface area contributed by atoms with Gasteiger partial charge in [-0.05, 0) is 64.3 Å². The Morgan fingerprint density at radius 3 is 2.48 bits per heavy atom. The zero-order valence-electron chi connectivity index (χ0n) is 18.5. The molecule has 1 saturated carbocycles. The largest absolute Gasteiger partial charge is 0.435 e. The number of nitriles is 1. The summed E-state index contributed by atoms with van der Waals surface area (Å²) in [7, 11) is -3.77. The van der Waals surface area contributed by atoms with Gasteiger partial charge in [0.2, 0.25) is 10.0 Å². The van der Waals surface area contributed by atoms with Crippen LogP contribution in [0, 0.1) is 11.3 Å². The van der Waals surface area contributed by atoms with Crippen LogP contribution in [0.3, 0.4) is 0 Å². The third-order valence-electron chi connectivity index (χ3n) is 5.48. The number of aromatic nitrogens is 2. The fraction of sp³-hybridized carbons (Fsp3) is 0.391. The van der Waals surface area contributed by atoms with Crippen LogP contribution >= 0.6 is 0 Å². The molecule has 7 nitrogen and oxygen atoms in total. The van der Waals surface area contributed by atoms with Gasteiger partial charge in [0.15, 0.2) is 0 Å². The van der Waals surface area contributed by atoms with Crippen molar-refractivity contribution in [3.05, 3.63) is 42.1 Å². The lowest BCUT2D eigenvalue weighted by atomic mass is 9.92. The fourth-order valence-electron chi connectivity index (χ4n) is 4.00. The van der Waals surface area contributed by atoms with E-state index in [-0.39, 0.29) is 16.7 Å². The number of alkyl halides is 2. The summed E-state index contributed by atoms with van der Waals surface area (Å²) < 4.78 is 59.9. The van der Waals surface area contributed by atoms with Gasteiger partial charge in [0, 0.05) is 29.2 Å². The second-order valence-corrected chi connectivity index (χ2v) is 10.8. The van der Waals surface area contributed by atoms with Crippen molar-refractivity contribution >= 4 is 20.9 Å². The molecule has 3 aromatic rings. The molecule has 2 heterocycles. The molecular weight excluding hydrogens is 450 g/mol. The Balaban J connectivity index is 1.86. The van der Waals surface area contributed by atoms with Gasteiger partial charge < -0.3 is 9.30 Å². The predicted molar refractivity (Wildman–Crippen MR) is 119 cm³/mol. The zero-order chi connectivity index (χ0) is 24.0. The highest BCUT2D eigenvalue weighted by atomic mass is 32.2. The lowest BCUT2D eigenvalue weighted by molar-refractivity contribution is -0.0497. The number of rotatable bonds is 6. The molecule has 1 aromatic carbocycles. The minimum Gasteiger partial charge on any atom is -0.435 e. The third-order valence-corrected chi connectivity index (χ3v) is 7.23. The number of benzene rings is 1. The molecule has 1 N–H and O–H groups in total. The summed E-state index contributed by atoms with van der Waals surface area (Å²) in [5, 5.41) is 10.5. The summed E-state index contributed by atoms with van der Waals surface area (Å²) >= 11 is 0. The quantitative estimate of drug-likeness (QED) is 0.544. The van der Waals surface area contributed by atoms with Crippen LogP contribution in [0.2, 0.25) is 0 Å². The average Bonchev–Trinajstić information content (AvgIpc) is 2.98. The Morgan fingerprint density at radius 2 is 1.97 bits per heavy atom. The second kappa shape index (κ2) is 8.39. The lowest BCUT2D eigenvalue weighted by Gasteiger charge is -2.30. The van der Waals surface area contributed by atoms with Crippen LogP contribution in [0.15, 0.2) is 41.4 Å². The SMILES string of the molecule is CC(C)(C)NS(=O)(=O)c1ccc(-c2c(C#N)c3ccc(OC(F)F)cc3n2C2CCC2)nc1. The summed E-state index contributed by atoms with van der Waals surface area (Å²) in [4.78, 5) is 4.39. The highest BCUT2D eigenvalue weighted by molar-refractivity contribution is 7.89. The number of nitrogens with zero attached hydrogens (tertiary/aromatic N) is 3. The molecule has 0 bridgehead atoms. The molecule has 1 fully saturated rings. The van der Waals surface area contributed by atoms with Crippen LogP contribution in [-0.4, -0.2) is 30.1 Å². The molecule has 0 aliphatic heterocycles. The molecule has 0 amide bonds. The number of nitrogens with one attached hydrogen (secondary N) is 1. The Bertz CT molecular complexity index is 1330. The van der Waals surface area contributed by atoms with E-state index >= 15 is 0 Å². The molecule has 2 aromatic heterocycles. The van der Waals surface area contributed by atoms with Crippen LogP contribution in [-0.2, 0) is 10.0 Å². The van der Waals surface area contributed by atoms with Crippen molar-refractivity contribution in [2.75, 3.05) is 0 Å². The second-order valence-electron chi connectivity index (χ2n) is 9.08. The minimum atomic E-state index is -3.77. The van der Waals surface area contributed by atoms with Gasteiger partial charge in [-0.3, -0.25) is 4.98 Å². The molecule has 0 radical (unpaired) electrons. The molecule has 1 aliphatic rings. The Labute approximate surface area is 191 Å². The van der Waals surface area contributed by atoms with E-state index in [0.717, 1.165) is 19.3 Å². The van der Waals surface area contributed by atoms with Crippen molar-refractivity contribution in [1.82, 2.24) is 14.3 Å². The van der Waals surface area contributed by atoms with E-state index in [1.807, 2.05) is 4.57 Å². The number of ether oxygens (including phenoxy) is 1. The third kappa shape index (κ3) is 4.56. The number of hydrogen-bond donors (Lipinski definition) is 1. The highest BCUT2D eigenvalue weighted by Crippen LogP contribution is 2.43. The number of sulfonamides is 1. The maximum atomic E-state index is 12.8. The monoisotopic (exact) mass is 474 g/mol. The molecular formula is C23H24F2N4O3S. The maximum Gasteiger partial charge on any atom is 0.387 e. The first-order chi connectivity index (χ1) is 15.5. The van der Waals surface area contributed by atoms with E-state index < -0.39 is 22.2 Å². The number of pyridine rings is 1. The molecule has 33 heavy (non-hydrogen) atoms. The normalized spacial score (nSPS) is 14.9. The van der Waals surface area contributed by atoms with Crippen molar-refractivity contribution in [3.63, 3.8) is 0 Å². The highest BCUT2D eigenvalue weighted by Gasteiger charge is 2.29. The van der Waals surface area contributed by atoms with Crippen LogP contribution in [0.5, 0.6) is 5.75 Å². The summed E-state index contributed by atoms with van der Waals surface area (Å²) in [5.41, 5.74) is 1.29. The summed E-state index contributed by atoms with van der Waals surface area (Å²) in [5.74, 6) is 0.00858. The first-order valence-corrected chi connectivity index (χ1v) is 12.0. The molecule has 0 atom stereocenters. The van der Waals surface area contributed by atoms with Gasteiger partial charge in [0.25, 0.3) is 0 Å². The molecule has 174 valence electrons. The average molecular weight is 475 g/mol. The first kappa shape index (κ1) is 23.1. The zero-order valence-corrected chi connectivity index (χ0v) is 19.3. The van der Waals surface area contributed by atoms with E-state index in [9.17, 15) is 22.5 Å². The number of halogens is 2. The van der Waals surface area contributed by atoms with Crippen molar-refractivity contribution in [1.29, 1.82) is 5.26 Å². The van der Waals surface area contributed by atoms with E-state index in [4.69, 9.17) is 0 Å². The van der Waals surface area contributed by atoms with Crippen molar-refractivity contribution < 1.29 is 21.9 Å². The molecule has 1 aliphatic carbocycles. The Kier molecular flexibility index (Phi) is 5.88. The fourth-order valence-corrected chi connectivity index (χ4v) is 5.36.